The van der Waals surface area contributed by atoms with Crippen molar-refractivity contribution in [1.29, 1.82) is 0 Å². The second-order valence-corrected chi connectivity index (χ2v) is 9.20. The number of hydrogen-bond acceptors (Lipinski definition) is 7. The summed E-state index contributed by atoms with van der Waals surface area (Å²) in [6, 6.07) is 11.6. The first-order valence-corrected chi connectivity index (χ1v) is 12.2. The van der Waals surface area contributed by atoms with Crippen LogP contribution in [0.2, 0.25) is 0 Å². The molecule has 1 fully saturated rings. The van der Waals surface area contributed by atoms with Crippen LogP contribution in [0, 0.1) is 13.8 Å². The summed E-state index contributed by atoms with van der Waals surface area (Å²) in [6.45, 7) is 5.47. The van der Waals surface area contributed by atoms with E-state index in [-0.39, 0.29) is 17.8 Å². The second kappa shape index (κ2) is 10.9. The molecule has 0 saturated carbocycles. The third-order valence-electron chi connectivity index (χ3n) is 5.89. The molecule has 1 saturated heterocycles. The number of aryl methyl sites for hydroxylation is 2. The van der Waals surface area contributed by atoms with E-state index in [9.17, 15) is 4.79 Å². The number of aromatic nitrogens is 3. The van der Waals surface area contributed by atoms with E-state index in [2.05, 4.69) is 15.5 Å². The van der Waals surface area contributed by atoms with Gasteiger partial charge < -0.3 is 19.5 Å². The zero-order chi connectivity index (χ0) is 24.1. The van der Waals surface area contributed by atoms with Gasteiger partial charge in [0.25, 0.3) is 0 Å². The summed E-state index contributed by atoms with van der Waals surface area (Å²) in [5.41, 5.74) is 3.98. The molecule has 8 nitrogen and oxygen atoms in total. The Morgan fingerprint density at radius 1 is 1.12 bits per heavy atom. The molecule has 34 heavy (non-hydrogen) atoms. The number of carbonyl (C=O) groups excluding carboxylic acids is 1. The predicted octanol–water partition coefficient (Wildman–Crippen LogP) is 4.49. The Hall–Kier alpha value is -3.04. The fraction of sp³-hybridized carbons (Fsp3) is 0.400. The van der Waals surface area contributed by atoms with Gasteiger partial charge in [-0.05, 0) is 68.1 Å². The summed E-state index contributed by atoms with van der Waals surface area (Å²) >= 11 is 1.36. The van der Waals surface area contributed by atoms with E-state index >= 15 is 0 Å². The predicted molar refractivity (Wildman–Crippen MR) is 133 cm³/mol. The molecule has 1 aliphatic rings. The SMILES string of the molecule is COc1ccc(-c2nnc(SCC(=O)Nc3ccc(C)c(C)c3)n2CC2CCCO2)cc1OC. The van der Waals surface area contributed by atoms with Crippen LogP contribution < -0.4 is 14.8 Å². The van der Waals surface area contributed by atoms with Gasteiger partial charge in [0, 0.05) is 17.9 Å². The highest BCUT2D eigenvalue weighted by Crippen LogP contribution is 2.33. The zero-order valence-electron chi connectivity index (χ0n) is 20.0. The van der Waals surface area contributed by atoms with Crippen molar-refractivity contribution in [3.63, 3.8) is 0 Å². The van der Waals surface area contributed by atoms with Gasteiger partial charge in [-0.25, -0.2) is 0 Å². The van der Waals surface area contributed by atoms with Gasteiger partial charge in [-0.2, -0.15) is 0 Å². The lowest BCUT2D eigenvalue weighted by Gasteiger charge is -2.15. The summed E-state index contributed by atoms with van der Waals surface area (Å²) in [6.07, 6.45) is 2.12. The van der Waals surface area contributed by atoms with E-state index in [1.165, 1.54) is 17.3 Å². The highest BCUT2D eigenvalue weighted by atomic mass is 32.2. The van der Waals surface area contributed by atoms with Crippen LogP contribution in [-0.4, -0.2) is 53.4 Å². The molecular weight excluding hydrogens is 452 g/mol. The Bertz CT molecular complexity index is 1160. The Labute approximate surface area is 204 Å². The van der Waals surface area contributed by atoms with Gasteiger partial charge in [0.2, 0.25) is 5.91 Å². The molecule has 2 aromatic carbocycles. The van der Waals surface area contributed by atoms with Crippen LogP contribution in [0.1, 0.15) is 24.0 Å². The Balaban J connectivity index is 1.54. The molecular formula is C25H30N4O4S. The Morgan fingerprint density at radius 2 is 1.94 bits per heavy atom. The van der Waals surface area contributed by atoms with Crippen molar-refractivity contribution in [3.05, 3.63) is 47.5 Å². The van der Waals surface area contributed by atoms with Gasteiger partial charge in [0.15, 0.2) is 22.5 Å². The lowest BCUT2D eigenvalue weighted by atomic mass is 10.1. The number of anilines is 1. The number of nitrogens with one attached hydrogen (secondary N) is 1. The van der Waals surface area contributed by atoms with Crippen LogP contribution in [0.5, 0.6) is 11.5 Å². The molecule has 0 bridgehead atoms. The molecule has 2 heterocycles. The van der Waals surface area contributed by atoms with Gasteiger partial charge in [-0.1, -0.05) is 17.8 Å². The minimum Gasteiger partial charge on any atom is -0.493 e. The smallest absolute Gasteiger partial charge is 0.234 e. The van der Waals surface area contributed by atoms with Crippen molar-refractivity contribution < 1.29 is 19.0 Å². The Kier molecular flexibility index (Phi) is 7.74. The Morgan fingerprint density at radius 3 is 2.65 bits per heavy atom. The zero-order valence-corrected chi connectivity index (χ0v) is 20.8. The quantitative estimate of drug-likeness (QED) is 0.450. The average Bonchev–Trinajstić information content (AvgIpc) is 3.50. The molecule has 1 amide bonds. The molecule has 3 aromatic rings. The lowest BCUT2D eigenvalue weighted by Crippen LogP contribution is -2.18. The molecule has 0 spiro atoms. The van der Waals surface area contributed by atoms with E-state index in [1.807, 2.05) is 54.8 Å². The lowest BCUT2D eigenvalue weighted by molar-refractivity contribution is -0.113. The monoisotopic (exact) mass is 482 g/mol. The van der Waals surface area contributed by atoms with E-state index in [1.54, 1.807) is 14.2 Å². The third kappa shape index (κ3) is 5.53. The van der Waals surface area contributed by atoms with Crippen LogP contribution in [0.4, 0.5) is 5.69 Å². The summed E-state index contributed by atoms with van der Waals surface area (Å²) in [5, 5.41) is 12.5. The minimum absolute atomic E-state index is 0.0902. The number of amides is 1. The molecule has 1 aliphatic heterocycles. The highest BCUT2D eigenvalue weighted by Gasteiger charge is 2.23. The maximum absolute atomic E-state index is 12.6. The summed E-state index contributed by atoms with van der Waals surface area (Å²) < 4.78 is 18.7. The standard InChI is InChI=1S/C25H30N4O4S/c1-16-7-9-19(12-17(16)2)26-23(30)15-34-25-28-27-24(29(25)14-20-6-5-11-33-20)18-8-10-21(31-3)22(13-18)32-4/h7-10,12-13,20H,5-6,11,14-15H2,1-4H3,(H,26,30). The summed E-state index contributed by atoms with van der Waals surface area (Å²) in [4.78, 5) is 12.6. The van der Waals surface area contributed by atoms with Gasteiger partial charge in [-0.3, -0.25) is 9.36 Å². The van der Waals surface area contributed by atoms with Crippen LogP contribution in [-0.2, 0) is 16.1 Å². The van der Waals surface area contributed by atoms with Crippen molar-refractivity contribution in [2.24, 2.45) is 0 Å². The van der Waals surface area contributed by atoms with Crippen LogP contribution in [0.15, 0.2) is 41.6 Å². The van der Waals surface area contributed by atoms with Crippen molar-refractivity contribution in [2.75, 3.05) is 31.9 Å². The number of hydrogen-bond donors (Lipinski definition) is 1. The van der Waals surface area contributed by atoms with Gasteiger partial charge in [0.05, 0.1) is 32.6 Å². The highest BCUT2D eigenvalue weighted by molar-refractivity contribution is 7.99. The number of nitrogens with zero attached hydrogens (tertiary/aromatic N) is 3. The number of ether oxygens (including phenoxy) is 3. The average molecular weight is 483 g/mol. The summed E-state index contributed by atoms with van der Waals surface area (Å²) in [7, 11) is 3.21. The molecule has 1 N–H and O–H groups in total. The van der Waals surface area contributed by atoms with Crippen LogP contribution in [0.3, 0.4) is 0 Å². The fourth-order valence-corrected chi connectivity index (χ4v) is 4.64. The minimum atomic E-state index is -0.0902. The van der Waals surface area contributed by atoms with Crippen molar-refractivity contribution in [2.45, 2.75) is 44.5 Å². The summed E-state index contributed by atoms with van der Waals surface area (Å²) in [5.74, 6) is 2.10. The molecule has 1 atom stereocenters. The number of thioether (sulfide) groups is 1. The molecule has 9 heteroatoms. The van der Waals surface area contributed by atoms with Crippen molar-refractivity contribution in [1.82, 2.24) is 14.8 Å². The third-order valence-corrected chi connectivity index (χ3v) is 6.86. The van der Waals surface area contributed by atoms with Crippen LogP contribution >= 0.6 is 11.8 Å². The van der Waals surface area contributed by atoms with Gasteiger partial charge in [0.1, 0.15) is 0 Å². The number of methoxy groups -OCH3 is 2. The molecule has 1 aromatic heterocycles. The number of benzene rings is 2. The normalized spacial score (nSPS) is 15.4. The number of carbonyl (C=O) groups is 1. The van der Waals surface area contributed by atoms with Crippen molar-refractivity contribution in [3.8, 4) is 22.9 Å². The maximum atomic E-state index is 12.6. The van der Waals surface area contributed by atoms with E-state index in [0.29, 0.717) is 29.0 Å². The first-order chi connectivity index (χ1) is 16.5. The van der Waals surface area contributed by atoms with Crippen molar-refractivity contribution >= 4 is 23.4 Å². The molecule has 0 radical (unpaired) electrons. The topological polar surface area (TPSA) is 87.5 Å². The fourth-order valence-electron chi connectivity index (χ4n) is 3.89. The molecule has 180 valence electrons. The van der Waals surface area contributed by atoms with E-state index in [4.69, 9.17) is 14.2 Å². The second-order valence-electron chi connectivity index (χ2n) is 8.26. The largest absolute Gasteiger partial charge is 0.493 e. The van der Waals surface area contributed by atoms with E-state index in [0.717, 1.165) is 36.3 Å². The molecule has 0 aliphatic carbocycles. The van der Waals surface area contributed by atoms with Gasteiger partial charge in [-0.15, -0.1) is 10.2 Å². The van der Waals surface area contributed by atoms with Gasteiger partial charge >= 0.3 is 0 Å². The first kappa shape index (κ1) is 24.1. The maximum Gasteiger partial charge on any atom is 0.234 e. The molecule has 1 unspecified atom stereocenters. The molecule has 4 rings (SSSR count). The number of rotatable bonds is 9. The first-order valence-electron chi connectivity index (χ1n) is 11.3. The van der Waals surface area contributed by atoms with Crippen LogP contribution in [0.25, 0.3) is 11.4 Å². The van der Waals surface area contributed by atoms with E-state index < -0.39 is 0 Å².